The number of aromatic nitrogens is 1. The molecule has 0 aliphatic carbocycles. The molecule has 2 N–H and O–H groups in total. The first kappa shape index (κ1) is 26.2. The zero-order valence-corrected chi connectivity index (χ0v) is 21.9. The third kappa shape index (κ3) is 6.68. The Morgan fingerprint density at radius 1 is 1.03 bits per heavy atom. The molecule has 1 heterocycles. The summed E-state index contributed by atoms with van der Waals surface area (Å²) in [6.45, 7) is 1.86. The van der Waals surface area contributed by atoms with Gasteiger partial charge in [-0.15, -0.1) is 0 Å². The minimum atomic E-state index is -0.442. The highest BCUT2D eigenvalue weighted by Gasteiger charge is 2.14. The summed E-state index contributed by atoms with van der Waals surface area (Å²) in [6.07, 6.45) is 3.77. The fourth-order valence-electron chi connectivity index (χ4n) is 3.47. The summed E-state index contributed by atoms with van der Waals surface area (Å²) in [5.41, 5.74) is 7.16. The van der Waals surface area contributed by atoms with Gasteiger partial charge in [-0.05, 0) is 55.0 Å². The van der Waals surface area contributed by atoms with Crippen molar-refractivity contribution in [2.45, 2.75) is 6.92 Å². The summed E-state index contributed by atoms with van der Waals surface area (Å²) >= 11 is 1.37. The van der Waals surface area contributed by atoms with Crippen molar-refractivity contribution in [1.82, 2.24) is 10.4 Å². The first-order valence-electron chi connectivity index (χ1n) is 11.7. The van der Waals surface area contributed by atoms with Gasteiger partial charge in [-0.25, -0.2) is 10.4 Å². The maximum atomic E-state index is 12.6. The van der Waals surface area contributed by atoms with E-state index >= 15 is 0 Å². The second kappa shape index (κ2) is 11.9. The number of nitrogens with one attached hydrogen (secondary N) is 2. The van der Waals surface area contributed by atoms with Crippen molar-refractivity contribution in [2.75, 3.05) is 24.3 Å². The molecule has 3 aromatic carbocycles. The molecule has 192 valence electrons. The molecular formula is C28H26N6O3S. The number of nitrogens with zero attached hydrogens (tertiary/aromatic N) is 4. The number of benzene rings is 3. The van der Waals surface area contributed by atoms with Crippen LogP contribution in [0.4, 0.5) is 22.2 Å². The molecule has 0 aliphatic rings. The lowest BCUT2D eigenvalue weighted by Gasteiger charge is -2.11. The van der Waals surface area contributed by atoms with Crippen LogP contribution in [0.15, 0.2) is 90.0 Å². The number of hydrogen-bond donors (Lipinski definition) is 2. The summed E-state index contributed by atoms with van der Waals surface area (Å²) in [6, 6.07) is 23.0. The number of non-ortho nitro benzene ring substituents is 1. The summed E-state index contributed by atoms with van der Waals surface area (Å²) in [7, 11) is 3.97. The van der Waals surface area contributed by atoms with E-state index in [0.29, 0.717) is 22.1 Å². The molecule has 0 fully saturated rings. The van der Waals surface area contributed by atoms with Crippen LogP contribution in [0.1, 0.15) is 26.5 Å². The number of hydrogen-bond acceptors (Lipinski definition) is 8. The molecule has 9 nitrogen and oxygen atoms in total. The Labute approximate surface area is 224 Å². The van der Waals surface area contributed by atoms with E-state index in [9.17, 15) is 14.9 Å². The van der Waals surface area contributed by atoms with Crippen molar-refractivity contribution in [2.24, 2.45) is 5.10 Å². The first-order valence-corrected chi connectivity index (χ1v) is 12.5. The second-order valence-corrected chi connectivity index (χ2v) is 9.48. The van der Waals surface area contributed by atoms with Crippen LogP contribution in [0, 0.1) is 17.0 Å². The fourth-order valence-corrected chi connectivity index (χ4v) is 4.42. The molecular weight excluding hydrogens is 500 g/mol. The molecule has 4 rings (SSSR count). The number of nitro groups is 1. The minimum Gasteiger partial charge on any atom is -0.378 e. The van der Waals surface area contributed by atoms with Gasteiger partial charge < -0.3 is 10.2 Å². The summed E-state index contributed by atoms with van der Waals surface area (Å²) in [4.78, 5) is 30.5. The summed E-state index contributed by atoms with van der Waals surface area (Å²) in [5, 5.41) is 19.1. The zero-order chi connectivity index (χ0) is 27.1. The highest BCUT2D eigenvalue weighted by atomic mass is 32.1. The van der Waals surface area contributed by atoms with Crippen molar-refractivity contribution >= 4 is 51.2 Å². The van der Waals surface area contributed by atoms with Crippen molar-refractivity contribution in [3.8, 4) is 0 Å². The Morgan fingerprint density at radius 3 is 2.34 bits per heavy atom. The Bertz CT molecular complexity index is 1480. The highest BCUT2D eigenvalue weighted by molar-refractivity contribution is 7.17. The van der Waals surface area contributed by atoms with Crippen LogP contribution in [-0.2, 0) is 0 Å². The molecule has 4 aromatic rings. The van der Waals surface area contributed by atoms with Gasteiger partial charge in [-0.3, -0.25) is 14.9 Å². The molecule has 0 spiro atoms. The average Bonchev–Trinajstić information content (AvgIpc) is 3.29. The van der Waals surface area contributed by atoms with Crippen LogP contribution in [0.2, 0.25) is 0 Å². The van der Waals surface area contributed by atoms with Crippen molar-refractivity contribution < 1.29 is 9.72 Å². The maximum absolute atomic E-state index is 12.6. The molecule has 0 saturated heterocycles. The fraction of sp³-hybridized carbons (Fsp3) is 0.107. The predicted octanol–water partition coefficient (Wildman–Crippen LogP) is 6.02. The van der Waals surface area contributed by atoms with E-state index in [1.807, 2.05) is 68.4 Å². The van der Waals surface area contributed by atoms with Gasteiger partial charge in [0.1, 0.15) is 5.71 Å². The molecule has 0 radical (unpaired) electrons. The van der Waals surface area contributed by atoms with Gasteiger partial charge in [-0.2, -0.15) is 5.10 Å². The van der Waals surface area contributed by atoms with Crippen LogP contribution < -0.4 is 15.6 Å². The Morgan fingerprint density at radius 2 is 1.71 bits per heavy atom. The maximum Gasteiger partial charge on any atom is 0.271 e. The number of aryl methyl sites for hydroxylation is 1. The molecule has 0 atom stereocenters. The number of anilines is 3. The Balaban J connectivity index is 1.61. The topological polar surface area (TPSA) is 113 Å². The molecule has 1 aromatic heterocycles. The van der Waals surface area contributed by atoms with E-state index in [4.69, 9.17) is 0 Å². The number of nitro benzene ring substituents is 1. The van der Waals surface area contributed by atoms with Gasteiger partial charge in [0, 0.05) is 43.2 Å². The zero-order valence-electron chi connectivity index (χ0n) is 21.1. The largest absolute Gasteiger partial charge is 0.378 e. The van der Waals surface area contributed by atoms with Gasteiger partial charge in [-0.1, -0.05) is 47.7 Å². The van der Waals surface area contributed by atoms with Crippen LogP contribution in [0.25, 0.3) is 6.08 Å². The highest BCUT2D eigenvalue weighted by Crippen LogP contribution is 2.28. The monoisotopic (exact) mass is 526 g/mol. The third-order valence-corrected chi connectivity index (χ3v) is 6.61. The Kier molecular flexibility index (Phi) is 8.24. The molecule has 0 aliphatic heterocycles. The summed E-state index contributed by atoms with van der Waals surface area (Å²) in [5.74, 6) is -0.321. The molecule has 0 unspecified atom stereocenters. The first-order chi connectivity index (χ1) is 18.3. The second-order valence-electron chi connectivity index (χ2n) is 8.49. The SMILES string of the molecule is Cc1nc(Nc2ccc([N+](=O)[O-])cc2)sc1C(C=Cc1ccc(N(C)C)cc1)=NNC(=O)c1ccccc1. The number of carbonyl (C=O) groups is 1. The van der Waals surface area contributed by atoms with Gasteiger partial charge in [0.2, 0.25) is 0 Å². The minimum absolute atomic E-state index is 0.0129. The molecule has 0 saturated carbocycles. The van der Waals surface area contributed by atoms with Gasteiger partial charge in [0.05, 0.1) is 15.5 Å². The molecule has 1 amide bonds. The van der Waals surface area contributed by atoms with Crippen molar-refractivity contribution in [3.05, 3.63) is 117 Å². The van der Waals surface area contributed by atoms with Gasteiger partial charge in [0.25, 0.3) is 11.6 Å². The molecule has 10 heteroatoms. The van der Waals surface area contributed by atoms with Crippen LogP contribution in [0.5, 0.6) is 0 Å². The van der Waals surface area contributed by atoms with Gasteiger partial charge >= 0.3 is 0 Å². The van der Waals surface area contributed by atoms with E-state index in [1.54, 1.807) is 36.4 Å². The third-order valence-electron chi connectivity index (χ3n) is 5.52. The number of hydrazone groups is 1. The van der Waals surface area contributed by atoms with E-state index in [-0.39, 0.29) is 11.6 Å². The molecule has 0 bridgehead atoms. The summed E-state index contributed by atoms with van der Waals surface area (Å²) < 4.78 is 0. The average molecular weight is 527 g/mol. The molecule has 38 heavy (non-hydrogen) atoms. The van der Waals surface area contributed by atoms with E-state index in [0.717, 1.165) is 21.8 Å². The van der Waals surface area contributed by atoms with Gasteiger partial charge in [0.15, 0.2) is 5.13 Å². The number of rotatable bonds is 9. The number of carbonyl (C=O) groups excluding carboxylic acids is 1. The van der Waals surface area contributed by atoms with E-state index < -0.39 is 4.92 Å². The van der Waals surface area contributed by atoms with Crippen LogP contribution in [0.3, 0.4) is 0 Å². The predicted molar refractivity (Wildman–Crippen MR) is 153 cm³/mol. The lowest BCUT2D eigenvalue weighted by atomic mass is 10.1. The normalized spacial score (nSPS) is 11.4. The Hall–Kier alpha value is -4.83. The van der Waals surface area contributed by atoms with Crippen LogP contribution in [-0.4, -0.2) is 35.6 Å². The smallest absolute Gasteiger partial charge is 0.271 e. The number of amides is 1. The van der Waals surface area contributed by atoms with Crippen molar-refractivity contribution in [1.29, 1.82) is 0 Å². The number of thiazole rings is 1. The van der Waals surface area contributed by atoms with E-state index in [2.05, 4.69) is 20.8 Å². The van der Waals surface area contributed by atoms with Crippen LogP contribution >= 0.6 is 11.3 Å². The van der Waals surface area contributed by atoms with Crippen molar-refractivity contribution in [3.63, 3.8) is 0 Å². The standard InChI is InChI=1S/C28H26N6O3S/c1-19-26(38-28(29-19)30-22-12-16-24(17-13-22)34(36)37)25(31-32-27(35)21-7-5-4-6-8-21)18-11-20-9-14-23(15-10-20)33(2)3/h4-18H,1-3H3,(H,29,30)(H,32,35). The lowest BCUT2D eigenvalue weighted by Crippen LogP contribution is -2.19. The lowest BCUT2D eigenvalue weighted by molar-refractivity contribution is -0.384. The number of allylic oxidation sites excluding steroid dienone is 1. The quantitative estimate of drug-likeness (QED) is 0.157. The van der Waals surface area contributed by atoms with E-state index in [1.165, 1.54) is 23.5 Å².